The highest BCUT2D eigenvalue weighted by atomic mass is 79.9. The molecule has 0 aliphatic rings. The molecule has 0 amide bonds. The molecule has 118 valence electrons. The van der Waals surface area contributed by atoms with Crippen LogP contribution in [0.4, 0.5) is 5.69 Å². The highest BCUT2D eigenvalue weighted by molar-refractivity contribution is 9.11. The van der Waals surface area contributed by atoms with Crippen LogP contribution in [-0.4, -0.2) is 13.1 Å². The van der Waals surface area contributed by atoms with Crippen molar-refractivity contribution < 1.29 is 14.3 Å². The molecule has 0 saturated carbocycles. The largest absolute Gasteiger partial charge is 0.494 e. The zero-order valence-corrected chi connectivity index (χ0v) is 16.2. The average Bonchev–Trinajstić information content (AvgIpc) is 2.52. The summed E-state index contributed by atoms with van der Waals surface area (Å²) >= 11 is 18.6. The van der Waals surface area contributed by atoms with Gasteiger partial charge in [-0.05, 0) is 56.1 Å². The van der Waals surface area contributed by atoms with E-state index in [1.807, 2.05) is 0 Å². The van der Waals surface area contributed by atoms with E-state index in [1.165, 1.54) is 31.4 Å². The molecular formula is C15H7Br2Cl2NO3. The lowest BCUT2D eigenvalue weighted by atomic mass is 10.2. The molecule has 0 fully saturated rings. The number of hydrogen-bond donors (Lipinski definition) is 0. The third-order valence-corrected chi connectivity index (χ3v) is 4.56. The summed E-state index contributed by atoms with van der Waals surface area (Å²) in [7, 11) is 1.38. The number of benzene rings is 2. The molecule has 0 aromatic heterocycles. The Balaban J connectivity index is 2.46. The summed E-state index contributed by atoms with van der Waals surface area (Å²) in [5, 5.41) is 0.395. The minimum absolute atomic E-state index is 0.0229. The fraction of sp³-hybridized carbons (Fsp3) is 0.0667. The number of rotatable bonds is 3. The zero-order chi connectivity index (χ0) is 17.1. The molecule has 0 radical (unpaired) electrons. The zero-order valence-electron chi connectivity index (χ0n) is 11.5. The maximum Gasteiger partial charge on any atom is 0.348 e. The van der Waals surface area contributed by atoms with E-state index < -0.39 is 5.97 Å². The Labute approximate surface area is 159 Å². The molecule has 0 spiro atoms. The summed E-state index contributed by atoms with van der Waals surface area (Å²) in [5.41, 5.74) is 0.414. The van der Waals surface area contributed by atoms with Crippen LogP contribution in [-0.2, 0) is 0 Å². The minimum Gasteiger partial charge on any atom is -0.494 e. The Morgan fingerprint density at radius 1 is 1.13 bits per heavy atom. The van der Waals surface area contributed by atoms with Crippen LogP contribution in [0.1, 0.15) is 10.4 Å². The minimum atomic E-state index is -0.730. The Bertz CT molecular complexity index is 811. The van der Waals surface area contributed by atoms with Crippen LogP contribution in [0.15, 0.2) is 33.2 Å². The summed E-state index contributed by atoms with van der Waals surface area (Å²) < 4.78 is 11.4. The number of carbonyl (C=O) groups excluding carboxylic acids is 1. The molecular weight excluding hydrogens is 473 g/mol. The Kier molecular flexibility index (Phi) is 5.93. The summed E-state index contributed by atoms with van der Waals surface area (Å²) in [6.45, 7) is 7.02. The molecule has 0 heterocycles. The second-order valence-electron chi connectivity index (χ2n) is 4.18. The van der Waals surface area contributed by atoms with Crippen molar-refractivity contribution in [3.8, 4) is 11.5 Å². The van der Waals surface area contributed by atoms with Gasteiger partial charge in [0.05, 0.1) is 32.7 Å². The fourth-order valence-corrected chi connectivity index (χ4v) is 3.56. The van der Waals surface area contributed by atoms with Crippen LogP contribution in [0.25, 0.3) is 4.85 Å². The fourth-order valence-electron chi connectivity index (χ4n) is 1.78. The van der Waals surface area contributed by atoms with Gasteiger partial charge in [-0.2, -0.15) is 0 Å². The van der Waals surface area contributed by atoms with Gasteiger partial charge in [-0.3, -0.25) is 0 Å². The maximum atomic E-state index is 12.5. The molecule has 0 atom stereocenters. The second-order valence-corrected chi connectivity index (χ2v) is 6.70. The molecule has 0 bridgehead atoms. The predicted octanol–water partition coefficient (Wildman–Crippen LogP) is 6.30. The molecule has 2 aromatic carbocycles. The predicted molar refractivity (Wildman–Crippen MR) is 96.1 cm³/mol. The summed E-state index contributed by atoms with van der Waals surface area (Å²) in [6.07, 6.45) is 0. The van der Waals surface area contributed by atoms with Crippen molar-refractivity contribution in [2.75, 3.05) is 7.11 Å². The van der Waals surface area contributed by atoms with Gasteiger partial charge < -0.3 is 9.47 Å². The normalized spacial score (nSPS) is 10.1. The first kappa shape index (κ1) is 18.1. The van der Waals surface area contributed by atoms with Crippen LogP contribution in [0.5, 0.6) is 11.5 Å². The monoisotopic (exact) mass is 477 g/mol. The SMILES string of the molecule is [C-]#[N+]c1cc(Br)c(OC(=O)c2c(Cl)ccc(Cl)c2OC)c(Br)c1. The molecule has 2 aromatic rings. The number of carbonyl (C=O) groups is 1. The first-order valence-electron chi connectivity index (χ1n) is 5.99. The Morgan fingerprint density at radius 3 is 2.22 bits per heavy atom. The van der Waals surface area contributed by atoms with Crippen molar-refractivity contribution in [3.63, 3.8) is 0 Å². The highest BCUT2D eigenvalue weighted by Crippen LogP contribution is 2.40. The number of nitrogens with zero attached hydrogens (tertiary/aromatic N) is 1. The van der Waals surface area contributed by atoms with Gasteiger partial charge in [0, 0.05) is 0 Å². The quantitative estimate of drug-likeness (QED) is 0.295. The number of methoxy groups -OCH3 is 1. The molecule has 0 N–H and O–H groups in total. The molecule has 0 saturated heterocycles. The topological polar surface area (TPSA) is 39.9 Å². The van der Waals surface area contributed by atoms with Gasteiger partial charge in [-0.25, -0.2) is 9.64 Å². The van der Waals surface area contributed by atoms with E-state index in [9.17, 15) is 4.79 Å². The van der Waals surface area contributed by atoms with Crippen LogP contribution >= 0.6 is 55.1 Å². The smallest absolute Gasteiger partial charge is 0.348 e. The van der Waals surface area contributed by atoms with Crippen LogP contribution in [0, 0.1) is 6.57 Å². The standard InChI is InChI=1S/C15H7Br2Cl2NO3/c1-20-7-5-8(16)13(9(17)6-7)23-15(21)12-10(18)3-4-11(19)14(12)22-2/h3-6H,2H3. The first-order valence-corrected chi connectivity index (χ1v) is 8.34. The number of halogens is 4. The van der Waals surface area contributed by atoms with Crippen molar-refractivity contribution in [3.05, 3.63) is 60.2 Å². The second kappa shape index (κ2) is 7.54. The lowest BCUT2D eigenvalue weighted by Gasteiger charge is -2.13. The Morgan fingerprint density at radius 2 is 1.70 bits per heavy atom. The van der Waals surface area contributed by atoms with Gasteiger partial charge in [0.1, 0.15) is 5.56 Å². The van der Waals surface area contributed by atoms with Crippen molar-refractivity contribution >= 4 is 66.7 Å². The number of ether oxygens (including phenoxy) is 2. The van der Waals surface area contributed by atoms with Gasteiger partial charge in [0.15, 0.2) is 17.2 Å². The molecule has 0 aliphatic heterocycles. The molecule has 0 unspecified atom stereocenters. The highest BCUT2D eigenvalue weighted by Gasteiger charge is 2.23. The van der Waals surface area contributed by atoms with Gasteiger partial charge in [0.25, 0.3) is 0 Å². The van der Waals surface area contributed by atoms with Gasteiger partial charge in [-0.15, -0.1) is 0 Å². The van der Waals surface area contributed by atoms with Gasteiger partial charge in [0.2, 0.25) is 0 Å². The van der Waals surface area contributed by atoms with Crippen molar-refractivity contribution in [2.24, 2.45) is 0 Å². The van der Waals surface area contributed by atoms with E-state index in [0.29, 0.717) is 14.6 Å². The van der Waals surface area contributed by atoms with E-state index in [4.69, 9.17) is 39.2 Å². The summed E-state index contributed by atoms with van der Waals surface area (Å²) in [5.74, 6) is -0.374. The number of esters is 1. The third-order valence-electron chi connectivity index (χ3n) is 2.77. The molecule has 8 heteroatoms. The molecule has 0 aliphatic carbocycles. The average molecular weight is 480 g/mol. The molecule has 23 heavy (non-hydrogen) atoms. The van der Waals surface area contributed by atoms with Crippen molar-refractivity contribution in [1.29, 1.82) is 0 Å². The van der Waals surface area contributed by atoms with Crippen LogP contribution < -0.4 is 9.47 Å². The van der Waals surface area contributed by atoms with Gasteiger partial charge in [-0.1, -0.05) is 23.2 Å². The van der Waals surface area contributed by atoms with E-state index in [-0.39, 0.29) is 27.1 Å². The molecule has 4 nitrogen and oxygen atoms in total. The van der Waals surface area contributed by atoms with E-state index in [2.05, 4.69) is 36.7 Å². The van der Waals surface area contributed by atoms with Crippen LogP contribution in [0.2, 0.25) is 10.0 Å². The number of hydrogen-bond acceptors (Lipinski definition) is 3. The van der Waals surface area contributed by atoms with E-state index in [0.717, 1.165) is 0 Å². The molecule has 2 rings (SSSR count). The lowest BCUT2D eigenvalue weighted by molar-refractivity contribution is 0.0729. The lowest BCUT2D eigenvalue weighted by Crippen LogP contribution is -2.12. The van der Waals surface area contributed by atoms with Gasteiger partial charge >= 0.3 is 5.97 Å². The maximum absolute atomic E-state index is 12.5. The van der Waals surface area contributed by atoms with Crippen molar-refractivity contribution in [1.82, 2.24) is 0 Å². The van der Waals surface area contributed by atoms with Crippen molar-refractivity contribution in [2.45, 2.75) is 0 Å². The van der Waals surface area contributed by atoms with E-state index >= 15 is 0 Å². The first-order chi connectivity index (χ1) is 10.9. The Hall–Kier alpha value is -1.26. The van der Waals surface area contributed by atoms with Crippen LogP contribution in [0.3, 0.4) is 0 Å². The summed E-state index contributed by atoms with van der Waals surface area (Å²) in [6, 6.07) is 6.08. The summed E-state index contributed by atoms with van der Waals surface area (Å²) in [4.78, 5) is 15.8. The third kappa shape index (κ3) is 3.81. The van der Waals surface area contributed by atoms with E-state index in [1.54, 1.807) is 0 Å².